The lowest BCUT2D eigenvalue weighted by Crippen LogP contribution is -2.41. The highest BCUT2D eigenvalue weighted by atomic mass is 16.2. The molecule has 0 bridgehead atoms. The van der Waals surface area contributed by atoms with E-state index in [4.69, 9.17) is 0 Å². The van der Waals surface area contributed by atoms with Crippen LogP contribution < -0.4 is 5.56 Å². The third kappa shape index (κ3) is 2.71. The Labute approximate surface area is 144 Å². The second-order valence-electron chi connectivity index (χ2n) is 6.27. The van der Waals surface area contributed by atoms with E-state index in [-0.39, 0.29) is 30.5 Å². The van der Waals surface area contributed by atoms with Gasteiger partial charge in [0, 0.05) is 31.4 Å². The van der Waals surface area contributed by atoms with Gasteiger partial charge in [-0.05, 0) is 31.2 Å². The van der Waals surface area contributed by atoms with Crippen molar-refractivity contribution in [1.29, 1.82) is 0 Å². The fourth-order valence-electron chi connectivity index (χ4n) is 3.43. The van der Waals surface area contributed by atoms with Crippen molar-refractivity contribution < 1.29 is 4.79 Å². The zero-order valence-corrected chi connectivity index (χ0v) is 14.0. The molecule has 7 nitrogen and oxygen atoms in total. The van der Waals surface area contributed by atoms with Crippen molar-refractivity contribution in [3.05, 3.63) is 58.6 Å². The summed E-state index contributed by atoms with van der Waals surface area (Å²) in [5, 5.41) is 8.53. The molecule has 1 aliphatic rings. The maximum absolute atomic E-state index is 12.6. The Morgan fingerprint density at radius 2 is 2.04 bits per heavy atom. The minimum Gasteiger partial charge on any atom is -0.348 e. The molecule has 0 saturated carbocycles. The van der Waals surface area contributed by atoms with Crippen molar-refractivity contribution in [3.8, 4) is 0 Å². The number of aromatic nitrogens is 4. The van der Waals surface area contributed by atoms with Gasteiger partial charge in [-0.25, -0.2) is 4.68 Å². The second kappa shape index (κ2) is 6.16. The average Bonchev–Trinajstić information content (AvgIpc) is 3.11. The molecule has 1 aromatic carbocycles. The molecule has 1 unspecified atom stereocenters. The van der Waals surface area contributed by atoms with Gasteiger partial charge in [-0.3, -0.25) is 9.59 Å². The largest absolute Gasteiger partial charge is 0.348 e. The van der Waals surface area contributed by atoms with Gasteiger partial charge < -0.3 is 9.47 Å². The zero-order chi connectivity index (χ0) is 17.4. The second-order valence-corrected chi connectivity index (χ2v) is 6.27. The quantitative estimate of drug-likeness (QED) is 0.727. The first-order valence-electron chi connectivity index (χ1n) is 8.42. The van der Waals surface area contributed by atoms with Crippen LogP contribution in [0.15, 0.2) is 47.4 Å². The molecule has 7 heteroatoms. The molecule has 0 spiro atoms. The van der Waals surface area contributed by atoms with Crippen LogP contribution in [0.1, 0.15) is 25.1 Å². The summed E-state index contributed by atoms with van der Waals surface area (Å²) in [4.78, 5) is 27.0. The summed E-state index contributed by atoms with van der Waals surface area (Å²) in [7, 11) is 0. The van der Waals surface area contributed by atoms with Crippen LogP contribution in [-0.4, -0.2) is 36.9 Å². The van der Waals surface area contributed by atoms with Gasteiger partial charge in [0.1, 0.15) is 5.52 Å². The average molecular weight is 337 g/mol. The van der Waals surface area contributed by atoms with Crippen molar-refractivity contribution in [2.45, 2.75) is 32.5 Å². The molecule has 1 amide bonds. The molecule has 0 N–H and O–H groups in total. The highest BCUT2D eigenvalue weighted by Crippen LogP contribution is 2.25. The number of carbonyl (C=O) groups excluding carboxylic acids is 1. The molecule has 25 heavy (non-hydrogen) atoms. The van der Waals surface area contributed by atoms with Gasteiger partial charge in [-0.1, -0.05) is 17.3 Å². The SMILES string of the molecule is CC1c2cccn2CCN1C(=O)CCn1nnc2ccccc2c1=O. The maximum atomic E-state index is 12.6. The molecular weight excluding hydrogens is 318 g/mol. The number of hydrogen-bond donors (Lipinski definition) is 0. The molecule has 4 rings (SSSR count). The predicted molar refractivity (Wildman–Crippen MR) is 93.0 cm³/mol. The number of benzene rings is 1. The van der Waals surface area contributed by atoms with E-state index < -0.39 is 0 Å². The monoisotopic (exact) mass is 337 g/mol. The Morgan fingerprint density at radius 1 is 1.20 bits per heavy atom. The van der Waals surface area contributed by atoms with Gasteiger partial charge in [0.15, 0.2) is 0 Å². The summed E-state index contributed by atoms with van der Waals surface area (Å²) in [5.74, 6) is 0.0295. The van der Waals surface area contributed by atoms with Gasteiger partial charge in [0.05, 0.1) is 18.0 Å². The van der Waals surface area contributed by atoms with E-state index in [2.05, 4.69) is 14.9 Å². The molecule has 0 saturated heterocycles. The van der Waals surface area contributed by atoms with Crippen LogP contribution in [0.5, 0.6) is 0 Å². The van der Waals surface area contributed by atoms with E-state index in [1.807, 2.05) is 36.2 Å². The molecule has 0 aliphatic carbocycles. The smallest absolute Gasteiger partial charge is 0.277 e. The summed E-state index contributed by atoms with van der Waals surface area (Å²) in [6.45, 7) is 3.75. The van der Waals surface area contributed by atoms with Crippen LogP contribution in [0, 0.1) is 0 Å². The van der Waals surface area contributed by atoms with Crippen molar-refractivity contribution in [2.24, 2.45) is 0 Å². The highest BCUT2D eigenvalue weighted by molar-refractivity contribution is 5.77. The topological polar surface area (TPSA) is 73.0 Å². The number of amides is 1. The van der Waals surface area contributed by atoms with Crippen LogP contribution in [0.25, 0.3) is 10.9 Å². The number of rotatable bonds is 3. The van der Waals surface area contributed by atoms with Gasteiger partial charge >= 0.3 is 0 Å². The zero-order valence-electron chi connectivity index (χ0n) is 14.0. The maximum Gasteiger partial charge on any atom is 0.277 e. The van der Waals surface area contributed by atoms with E-state index in [1.54, 1.807) is 18.2 Å². The summed E-state index contributed by atoms with van der Waals surface area (Å²) in [6.07, 6.45) is 2.27. The molecule has 1 atom stereocenters. The van der Waals surface area contributed by atoms with Gasteiger partial charge in [0.2, 0.25) is 5.91 Å². The van der Waals surface area contributed by atoms with Gasteiger partial charge in [-0.2, -0.15) is 0 Å². The summed E-state index contributed by atoms with van der Waals surface area (Å²) in [5.41, 5.74) is 1.50. The lowest BCUT2D eigenvalue weighted by molar-refractivity contribution is -0.134. The van der Waals surface area contributed by atoms with Gasteiger partial charge in [-0.15, -0.1) is 5.10 Å². The first-order valence-corrected chi connectivity index (χ1v) is 8.42. The Morgan fingerprint density at radius 3 is 2.92 bits per heavy atom. The van der Waals surface area contributed by atoms with E-state index in [0.717, 1.165) is 12.2 Å². The van der Waals surface area contributed by atoms with Crippen LogP contribution in [0.3, 0.4) is 0 Å². The molecule has 3 heterocycles. The molecular formula is C18H19N5O2. The first kappa shape index (κ1) is 15.6. The van der Waals surface area contributed by atoms with Gasteiger partial charge in [0.25, 0.3) is 5.56 Å². The van der Waals surface area contributed by atoms with Crippen molar-refractivity contribution in [2.75, 3.05) is 6.54 Å². The summed E-state index contributed by atoms with van der Waals surface area (Å²) >= 11 is 0. The Balaban J connectivity index is 1.49. The lowest BCUT2D eigenvalue weighted by Gasteiger charge is -2.35. The van der Waals surface area contributed by atoms with Crippen molar-refractivity contribution >= 4 is 16.8 Å². The van der Waals surface area contributed by atoms with Crippen molar-refractivity contribution in [1.82, 2.24) is 24.5 Å². The predicted octanol–water partition coefficient (Wildman–Crippen LogP) is 1.59. The molecule has 128 valence electrons. The van der Waals surface area contributed by atoms with Crippen molar-refractivity contribution in [3.63, 3.8) is 0 Å². The highest BCUT2D eigenvalue weighted by Gasteiger charge is 2.27. The van der Waals surface area contributed by atoms with Crippen LogP contribution in [0.4, 0.5) is 0 Å². The third-order valence-corrected chi connectivity index (χ3v) is 4.83. The summed E-state index contributed by atoms with van der Waals surface area (Å²) < 4.78 is 3.45. The van der Waals surface area contributed by atoms with Crippen LogP contribution >= 0.6 is 0 Å². The first-order chi connectivity index (χ1) is 12.1. The number of hydrogen-bond acceptors (Lipinski definition) is 4. The Kier molecular flexibility index (Phi) is 3.83. The molecule has 0 radical (unpaired) electrons. The lowest BCUT2D eigenvalue weighted by atomic mass is 10.1. The molecule has 2 aromatic heterocycles. The number of nitrogens with zero attached hydrogens (tertiary/aromatic N) is 5. The standard InChI is InChI=1S/C18H19N5O2/c1-13-16-7-4-9-21(16)11-12-22(13)17(24)8-10-23-18(25)14-5-2-3-6-15(14)19-20-23/h2-7,9,13H,8,10-12H2,1H3. The fourth-order valence-corrected chi connectivity index (χ4v) is 3.43. The Hall–Kier alpha value is -2.96. The molecule has 1 aliphatic heterocycles. The minimum absolute atomic E-state index is 0.0295. The van der Waals surface area contributed by atoms with E-state index in [1.165, 1.54) is 4.68 Å². The van der Waals surface area contributed by atoms with Crippen LogP contribution in [-0.2, 0) is 17.9 Å². The number of aryl methyl sites for hydroxylation is 1. The van der Waals surface area contributed by atoms with E-state index >= 15 is 0 Å². The fraction of sp³-hybridized carbons (Fsp3) is 0.333. The van der Waals surface area contributed by atoms with Crippen LogP contribution in [0.2, 0.25) is 0 Å². The Bertz CT molecular complexity index is 990. The van der Waals surface area contributed by atoms with E-state index in [9.17, 15) is 9.59 Å². The normalized spacial score (nSPS) is 16.8. The third-order valence-electron chi connectivity index (χ3n) is 4.83. The summed E-state index contributed by atoms with van der Waals surface area (Å²) in [6, 6.07) is 11.2. The molecule has 0 fully saturated rings. The molecule has 3 aromatic rings. The van der Waals surface area contributed by atoms with E-state index in [0.29, 0.717) is 17.4 Å². The number of carbonyl (C=O) groups is 1. The number of fused-ring (bicyclic) bond motifs is 2. The minimum atomic E-state index is -0.209.